The minimum absolute atomic E-state index is 0.685. The molecule has 0 aliphatic heterocycles. The lowest BCUT2D eigenvalue weighted by Crippen LogP contribution is -2.12. The van der Waals surface area contributed by atoms with Crippen molar-refractivity contribution in [1.82, 2.24) is 4.57 Å². The summed E-state index contributed by atoms with van der Waals surface area (Å²) in [6, 6.07) is 67.0. The smallest absolute Gasteiger partial charge is 0.0703 e. The van der Waals surface area contributed by atoms with Crippen LogP contribution in [0.1, 0.15) is 0 Å². The SMILES string of the molecule is Clc1ccc(Nc2cccc(-c3cccc4c3c3ccccc3n4-c3ccccc3N(c3ccccc3)c3ccccc3)c2Nc2ccc(Cl)cc2)cc1. The Morgan fingerprint density at radius 2 is 0.963 bits per heavy atom. The zero-order valence-corrected chi connectivity index (χ0v) is 30.6. The van der Waals surface area contributed by atoms with Crippen molar-refractivity contribution in [3.8, 4) is 16.8 Å². The predicted octanol–water partition coefficient (Wildman–Crippen LogP) is 14.7. The van der Waals surface area contributed by atoms with E-state index in [1.807, 2.05) is 48.5 Å². The van der Waals surface area contributed by atoms with Crippen molar-refractivity contribution in [1.29, 1.82) is 0 Å². The van der Waals surface area contributed by atoms with Crippen molar-refractivity contribution in [3.05, 3.63) is 204 Å². The lowest BCUT2D eigenvalue weighted by Gasteiger charge is -2.28. The van der Waals surface area contributed by atoms with E-state index in [4.69, 9.17) is 23.2 Å². The van der Waals surface area contributed by atoms with Gasteiger partial charge in [0.25, 0.3) is 0 Å². The van der Waals surface area contributed by atoms with Gasteiger partial charge < -0.3 is 20.1 Å². The summed E-state index contributed by atoms with van der Waals surface area (Å²) in [6.07, 6.45) is 0. The van der Waals surface area contributed by atoms with Gasteiger partial charge in [-0.15, -0.1) is 0 Å². The van der Waals surface area contributed by atoms with Crippen molar-refractivity contribution in [2.75, 3.05) is 15.5 Å². The summed E-state index contributed by atoms with van der Waals surface area (Å²) in [5, 5.41) is 11.1. The normalized spacial score (nSPS) is 11.1. The molecule has 260 valence electrons. The second-order valence-corrected chi connectivity index (χ2v) is 13.9. The van der Waals surface area contributed by atoms with E-state index in [9.17, 15) is 0 Å². The van der Waals surface area contributed by atoms with Crippen molar-refractivity contribution >= 4 is 84.8 Å². The van der Waals surface area contributed by atoms with E-state index in [0.29, 0.717) is 10.0 Å². The summed E-state index contributed by atoms with van der Waals surface area (Å²) in [7, 11) is 0. The van der Waals surface area contributed by atoms with E-state index in [2.05, 4.69) is 166 Å². The maximum Gasteiger partial charge on any atom is 0.0703 e. The summed E-state index contributed by atoms with van der Waals surface area (Å²) in [4.78, 5) is 2.33. The van der Waals surface area contributed by atoms with E-state index in [-0.39, 0.29) is 0 Å². The van der Waals surface area contributed by atoms with Gasteiger partial charge in [-0.3, -0.25) is 0 Å². The predicted molar refractivity (Wildman–Crippen MR) is 230 cm³/mol. The molecule has 1 aromatic heterocycles. The van der Waals surface area contributed by atoms with E-state index in [0.717, 1.165) is 78.4 Å². The molecule has 6 heteroatoms. The molecular weight excluding hydrogens is 703 g/mol. The van der Waals surface area contributed by atoms with Crippen molar-refractivity contribution in [3.63, 3.8) is 0 Å². The number of hydrogen-bond acceptors (Lipinski definition) is 3. The monoisotopic (exact) mass is 736 g/mol. The average Bonchev–Trinajstić information content (AvgIpc) is 3.56. The highest BCUT2D eigenvalue weighted by molar-refractivity contribution is 6.31. The van der Waals surface area contributed by atoms with Crippen molar-refractivity contribution in [2.24, 2.45) is 0 Å². The Labute approximate surface area is 324 Å². The quantitative estimate of drug-likeness (QED) is 0.155. The summed E-state index contributed by atoms with van der Waals surface area (Å²) in [5.74, 6) is 0. The molecule has 0 fully saturated rings. The number of rotatable bonds is 9. The first kappa shape index (κ1) is 33.4. The molecule has 0 amide bonds. The molecular formula is C48H34Cl2N4. The van der Waals surface area contributed by atoms with Crippen LogP contribution in [-0.4, -0.2) is 4.57 Å². The van der Waals surface area contributed by atoms with Crippen LogP contribution >= 0.6 is 23.2 Å². The summed E-state index contributed by atoms with van der Waals surface area (Å²) in [6.45, 7) is 0. The number of benzene rings is 8. The van der Waals surface area contributed by atoms with Crippen LogP contribution in [0.5, 0.6) is 0 Å². The second-order valence-electron chi connectivity index (χ2n) is 13.0. The largest absolute Gasteiger partial charge is 0.354 e. The van der Waals surface area contributed by atoms with Crippen LogP contribution in [0.4, 0.5) is 39.8 Å². The highest BCUT2D eigenvalue weighted by Gasteiger charge is 2.23. The summed E-state index contributed by atoms with van der Waals surface area (Å²) >= 11 is 12.6. The van der Waals surface area contributed by atoms with Gasteiger partial charge in [-0.2, -0.15) is 0 Å². The molecule has 0 saturated carbocycles. The molecule has 0 aliphatic carbocycles. The van der Waals surface area contributed by atoms with Gasteiger partial charge in [0.1, 0.15) is 0 Å². The van der Waals surface area contributed by atoms with Gasteiger partial charge >= 0.3 is 0 Å². The molecule has 0 atom stereocenters. The van der Waals surface area contributed by atoms with Crippen LogP contribution in [0.2, 0.25) is 10.0 Å². The molecule has 2 N–H and O–H groups in total. The van der Waals surface area contributed by atoms with Crippen LogP contribution in [-0.2, 0) is 0 Å². The molecule has 0 bridgehead atoms. The van der Waals surface area contributed by atoms with Gasteiger partial charge in [0.2, 0.25) is 0 Å². The molecule has 8 aromatic carbocycles. The third kappa shape index (κ3) is 6.32. The third-order valence-corrected chi connectivity index (χ3v) is 10.2. The van der Waals surface area contributed by atoms with E-state index < -0.39 is 0 Å². The molecule has 0 spiro atoms. The average molecular weight is 738 g/mol. The highest BCUT2D eigenvalue weighted by atomic mass is 35.5. The number of para-hydroxylation sites is 6. The third-order valence-electron chi connectivity index (χ3n) is 9.68. The highest BCUT2D eigenvalue weighted by Crippen LogP contribution is 2.46. The summed E-state index contributed by atoms with van der Waals surface area (Å²) < 4.78 is 2.41. The van der Waals surface area contributed by atoms with Crippen molar-refractivity contribution in [2.45, 2.75) is 0 Å². The Balaban J connectivity index is 1.28. The van der Waals surface area contributed by atoms with Gasteiger partial charge in [-0.05, 0) is 109 Å². The molecule has 0 unspecified atom stereocenters. The van der Waals surface area contributed by atoms with Crippen LogP contribution < -0.4 is 15.5 Å². The first-order valence-corrected chi connectivity index (χ1v) is 18.6. The minimum Gasteiger partial charge on any atom is -0.354 e. The molecule has 0 aliphatic rings. The number of hydrogen-bond donors (Lipinski definition) is 2. The molecule has 0 saturated heterocycles. The number of nitrogens with zero attached hydrogens (tertiary/aromatic N) is 2. The Morgan fingerprint density at radius 1 is 0.426 bits per heavy atom. The van der Waals surface area contributed by atoms with Gasteiger partial charge in [-0.25, -0.2) is 0 Å². The molecule has 54 heavy (non-hydrogen) atoms. The number of nitrogens with one attached hydrogen (secondary N) is 2. The Kier molecular flexibility index (Phi) is 8.97. The Bertz CT molecular complexity index is 2690. The zero-order valence-electron chi connectivity index (χ0n) is 29.1. The minimum atomic E-state index is 0.685. The molecule has 4 nitrogen and oxygen atoms in total. The van der Waals surface area contributed by atoms with Crippen LogP contribution in [0.3, 0.4) is 0 Å². The van der Waals surface area contributed by atoms with Gasteiger partial charge in [-0.1, -0.05) is 114 Å². The van der Waals surface area contributed by atoms with Gasteiger partial charge in [0.15, 0.2) is 0 Å². The fourth-order valence-electron chi connectivity index (χ4n) is 7.31. The van der Waals surface area contributed by atoms with Gasteiger partial charge in [0, 0.05) is 49.1 Å². The number of anilines is 7. The second kappa shape index (κ2) is 14.5. The number of aromatic nitrogens is 1. The topological polar surface area (TPSA) is 32.2 Å². The summed E-state index contributed by atoms with van der Waals surface area (Å²) in [5.41, 5.74) is 12.4. The molecule has 9 aromatic rings. The molecule has 9 rings (SSSR count). The first-order valence-electron chi connectivity index (χ1n) is 17.8. The number of fused-ring (bicyclic) bond motifs is 3. The van der Waals surface area contributed by atoms with Crippen LogP contribution in [0, 0.1) is 0 Å². The molecule has 1 heterocycles. The van der Waals surface area contributed by atoms with E-state index in [1.54, 1.807) is 0 Å². The van der Waals surface area contributed by atoms with Crippen LogP contribution in [0.25, 0.3) is 38.6 Å². The maximum atomic E-state index is 6.31. The van der Waals surface area contributed by atoms with E-state index >= 15 is 0 Å². The Hall–Kier alpha value is -6.46. The first-order chi connectivity index (χ1) is 26.6. The standard InChI is InChI=1S/C48H34Cl2N4/c49-33-25-29-35(30-26-33)51-42-20-11-19-40(48(42)52-36-31-27-34(50)28-32-36)39-18-12-24-46-47(39)41-17-7-8-21-43(41)54(46)45-23-10-9-22-44(45)53(37-13-3-1-4-14-37)38-15-5-2-6-16-38/h1-32,51-52H. The lowest BCUT2D eigenvalue weighted by molar-refractivity contribution is 1.15. The molecule has 0 radical (unpaired) electrons. The fourth-order valence-corrected chi connectivity index (χ4v) is 7.56. The Morgan fingerprint density at radius 3 is 1.65 bits per heavy atom. The van der Waals surface area contributed by atoms with E-state index in [1.165, 1.54) is 0 Å². The van der Waals surface area contributed by atoms with Gasteiger partial charge in [0.05, 0.1) is 33.8 Å². The zero-order chi connectivity index (χ0) is 36.4. The van der Waals surface area contributed by atoms with Crippen molar-refractivity contribution < 1.29 is 0 Å². The lowest BCUT2D eigenvalue weighted by atomic mass is 9.97. The fraction of sp³-hybridized carbons (Fsp3) is 0. The number of halogens is 2. The van der Waals surface area contributed by atoms with Crippen LogP contribution in [0.15, 0.2) is 194 Å². The maximum absolute atomic E-state index is 6.31.